The largest absolute Gasteiger partial charge is 0.422 e. The molecule has 0 aliphatic carbocycles. The highest BCUT2D eigenvalue weighted by Gasteiger charge is 2.19. The van der Waals surface area contributed by atoms with Gasteiger partial charge in [-0.05, 0) is 35.7 Å². The average Bonchev–Trinajstić information content (AvgIpc) is 2.77. The lowest BCUT2D eigenvalue weighted by Gasteiger charge is -2.14. The Morgan fingerprint density at radius 1 is 1.18 bits per heavy atom. The van der Waals surface area contributed by atoms with E-state index in [0.29, 0.717) is 27.8 Å². The predicted molar refractivity (Wildman–Crippen MR) is 124 cm³/mol. The topological polar surface area (TPSA) is 147 Å². The molecule has 1 heterocycles. The molecule has 0 radical (unpaired) electrons. The van der Waals surface area contributed by atoms with E-state index in [1.165, 1.54) is 26.2 Å². The van der Waals surface area contributed by atoms with Crippen molar-refractivity contribution in [2.75, 3.05) is 25.4 Å². The molecule has 0 spiro atoms. The van der Waals surface area contributed by atoms with Gasteiger partial charge < -0.3 is 19.6 Å². The number of anilines is 1. The molecule has 176 valence electrons. The number of aliphatic hydroxyl groups is 1. The van der Waals surface area contributed by atoms with E-state index in [9.17, 15) is 23.1 Å². The van der Waals surface area contributed by atoms with Gasteiger partial charge in [-0.3, -0.25) is 4.72 Å². The quantitative estimate of drug-likeness (QED) is 0.350. The fourth-order valence-corrected chi connectivity index (χ4v) is 4.00. The van der Waals surface area contributed by atoms with Crippen LogP contribution in [-0.4, -0.2) is 40.3 Å². The van der Waals surface area contributed by atoms with Crippen LogP contribution in [0.3, 0.4) is 0 Å². The maximum absolute atomic E-state index is 12.8. The first kappa shape index (κ1) is 24.5. The van der Waals surface area contributed by atoms with Crippen LogP contribution in [0.5, 0.6) is 5.75 Å². The van der Waals surface area contributed by atoms with Crippen molar-refractivity contribution in [1.29, 1.82) is 0 Å². The average molecular weight is 496 g/mol. The summed E-state index contributed by atoms with van der Waals surface area (Å²) >= 11 is 6.27. The van der Waals surface area contributed by atoms with Crippen molar-refractivity contribution >= 4 is 44.6 Å². The Morgan fingerprint density at radius 3 is 2.61 bits per heavy atom. The smallest absolute Gasteiger partial charge is 0.412 e. The molecule has 3 aromatic rings. The molecule has 2 aromatic carbocycles. The third-order valence-corrected chi connectivity index (χ3v) is 6.11. The maximum atomic E-state index is 12.8. The van der Waals surface area contributed by atoms with Gasteiger partial charge in [0.15, 0.2) is 5.75 Å². The van der Waals surface area contributed by atoms with Gasteiger partial charge in [0, 0.05) is 44.1 Å². The lowest BCUT2D eigenvalue weighted by atomic mass is 9.96. The van der Waals surface area contributed by atoms with Crippen molar-refractivity contribution in [3.8, 4) is 5.75 Å². The normalized spacial score (nSPS) is 11.4. The van der Waals surface area contributed by atoms with Crippen molar-refractivity contribution in [2.45, 2.75) is 12.8 Å². The molecule has 4 N–H and O–H groups in total. The van der Waals surface area contributed by atoms with Gasteiger partial charge in [-0.2, -0.15) is 8.42 Å². The molecule has 1 amide bonds. The Kier molecular flexibility index (Phi) is 7.59. The van der Waals surface area contributed by atoms with Crippen LogP contribution < -0.4 is 25.1 Å². The second-order valence-corrected chi connectivity index (χ2v) is 8.95. The van der Waals surface area contributed by atoms with Crippen molar-refractivity contribution in [1.82, 2.24) is 10.0 Å². The van der Waals surface area contributed by atoms with E-state index in [-0.39, 0.29) is 35.8 Å². The second kappa shape index (κ2) is 10.2. The third kappa shape index (κ3) is 5.82. The van der Waals surface area contributed by atoms with Gasteiger partial charge in [-0.1, -0.05) is 23.7 Å². The van der Waals surface area contributed by atoms with E-state index < -0.39 is 21.9 Å². The van der Waals surface area contributed by atoms with Crippen LogP contribution in [0.4, 0.5) is 10.5 Å². The Morgan fingerprint density at radius 2 is 1.94 bits per heavy atom. The molecule has 33 heavy (non-hydrogen) atoms. The molecule has 0 unspecified atom stereocenters. The van der Waals surface area contributed by atoms with Crippen molar-refractivity contribution in [2.24, 2.45) is 0 Å². The number of hydrogen-bond acceptors (Lipinski definition) is 7. The van der Waals surface area contributed by atoms with Crippen LogP contribution in [0, 0.1) is 0 Å². The highest BCUT2D eigenvalue weighted by molar-refractivity contribution is 7.90. The van der Waals surface area contributed by atoms with Gasteiger partial charge in [-0.25, -0.2) is 14.3 Å². The minimum Gasteiger partial charge on any atom is -0.422 e. The number of rotatable bonds is 8. The van der Waals surface area contributed by atoms with Crippen LogP contribution in [0.1, 0.15) is 16.7 Å². The van der Waals surface area contributed by atoms with Gasteiger partial charge in [0.05, 0.1) is 10.7 Å². The SMILES string of the molecule is CNC(=O)Oc1cc2oc(=O)c(Cc3cccc(NS(=O)(=O)NC)c3)c(CCO)c2cc1Cl. The first-order chi connectivity index (χ1) is 15.7. The number of nitrogens with one attached hydrogen (secondary N) is 3. The number of benzene rings is 2. The number of hydrogen-bond donors (Lipinski definition) is 4. The van der Waals surface area contributed by atoms with Crippen LogP contribution >= 0.6 is 11.6 Å². The highest BCUT2D eigenvalue weighted by atomic mass is 35.5. The lowest BCUT2D eigenvalue weighted by Crippen LogP contribution is -2.26. The zero-order valence-corrected chi connectivity index (χ0v) is 19.3. The maximum Gasteiger partial charge on any atom is 0.412 e. The van der Waals surface area contributed by atoms with Crippen LogP contribution in [0.25, 0.3) is 11.0 Å². The molecule has 0 atom stereocenters. The van der Waals surface area contributed by atoms with Gasteiger partial charge in [-0.15, -0.1) is 0 Å². The first-order valence-corrected chi connectivity index (χ1v) is 11.6. The summed E-state index contributed by atoms with van der Waals surface area (Å²) in [5.41, 5.74) is 1.28. The summed E-state index contributed by atoms with van der Waals surface area (Å²) in [5, 5.41) is 12.5. The Hall–Kier alpha value is -3.12. The third-order valence-electron chi connectivity index (χ3n) is 4.77. The number of aliphatic hydroxyl groups excluding tert-OH is 1. The van der Waals surface area contributed by atoms with Crippen LogP contribution in [0.2, 0.25) is 5.02 Å². The van der Waals surface area contributed by atoms with Gasteiger partial charge in [0.2, 0.25) is 0 Å². The molecular weight excluding hydrogens is 474 g/mol. The minimum absolute atomic E-state index is 0.0129. The summed E-state index contributed by atoms with van der Waals surface area (Å²) in [6, 6.07) is 9.39. The summed E-state index contributed by atoms with van der Waals surface area (Å²) in [7, 11) is -1.03. The zero-order chi connectivity index (χ0) is 24.2. The number of halogens is 1. The predicted octanol–water partition coefficient (Wildman–Crippen LogP) is 2.17. The molecule has 0 saturated carbocycles. The number of carbonyl (C=O) groups excluding carboxylic acids is 1. The van der Waals surface area contributed by atoms with E-state index in [1.807, 2.05) is 0 Å². The fraction of sp³-hybridized carbons (Fsp3) is 0.238. The summed E-state index contributed by atoms with van der Waals surface area (Å²) in [4.78, 5) is 24.4. The molecule has 10 nitrogen and oxygen atoms in total. The molecule has 0 aliphatic rings. The molecule has 12 heteroatoms. The summed E-state index contributed by atoms with van der Waals surface area (Å²) in [5.74, 6) is 0.0129. The number of amides is 1. The molecular formula is C21H22ClN3O7S. The molecule has 0 fully saturated rings. The standard InChI is InChI=1S/C21H22ClN3O7S/c1-23-21(28)32-19-11-18-15(10-17(19)22)14(6-7-26)16(20(27)31-18)9-12-4-3-5-13(8-12)25-33(29,30)24-2/h3-5,8,10-11,24-26H,6-7,9H2,1-2H3,(H,23,28). The van der Waals surface area contributed by atoms with Gasteiger partial charge in [0.1, 0.15) is 5.58 Å². The van der Waals surface area contributed by atoms with E-state index in [4.69, 9.17) is 20.8 Å². The van der Waals surface area contributed by atoms with Crippen LogP contribution in [0.15, 0.2) is 45.6 Å². The highest BCUT2D eigenvalue weighted by Crippen LogP contribution is 2.33. The summed E-state index contributed by atoms with van der Waals surface area (Å²) in [6.45, 7) is -0.234. The molecule has 3 rings (SSSR count). The van der Waals surface area contributed by atoms with E-state index in [0.717, 1.165) is 0 Å². The second-order valence-electron chi connectivity index (χ2n) is 6.93. The minimum atomic E-state index is -3.70. The molecule has 1 aromatic heterocycles. The first-order valence-electron chi connectivity index (χ1n) is 9.76. The lowest BCUT2D eigenvalue weighted by molar-refractivity contribution is 0.203. The number of ether oxygens (including phenoxy) is 1. The van der Waals surface area contributed by atoms with E-state index >= 15 is 0 Å². The fourth-order valence-electron chi connectivity index (χ4n) is 3.26. The van der Waals surface area contributed by atoms with Gasteiger partial charge in [0.25, 0.3) is 10.2 Å². The number of carbonyl (C=O) groups is 1. The molecule has 0 aliphatic heterocycles. The van der Waals surface area contributed by atoms with Crippen LogP contribution in [-0.2, 0) is 23.1 Å². The monoisotopic (exact) mass is 495 g/mol. The zero-order valence-electron chi connectivity index (χ0n) is 17.8. The van der Waals surface area contributed by atoms with Gasteiger partial charge >= 0.3 is 11.7 Å². The Balaban J connectivity index is 2.07. The Bertz CT molecular complexity index is 1360. The summed E-state index contributed by atoms with van der Waals surface area (Å²) in [6.07, 6.45) is -0.466. The van der Waals surface area contributed by atoms with E-state index in [2.05, 4.69) is 14.8 Å². The number of fused-ring (bicyclic) bond motifs is 1. The molecule has 0 bridgehead atoms. The van der Waals surface area contributed by atoms with Crippen molar-refractivity contribution < 1.29 is 27.5 Å². The van der Waals surface area contributed by atoms with Crippen molar-refractivity contribution in [3.05, 3.63) is 68.5 Å². The Labute approximate surface area is 194 Å². The molecule has 0 saturated heterocycles. The summed E-state index contributed by atoms with van der Waals surface area (Å²) < 4.78 is 38.6. The van der Waals surface area contributed by atoms with E-state index in [1.54, 1.807) is 24.3 Å². The van der Waals surface area contributed by atoms with Crippen molar-refractivity contribution in [3.63, 3.8) is 0 Å².